The predicted molar refractivity (Wildman–Crippen MR) is 64.4 cm³/mol. The van der Waals surface area contributed by atoms with E-state index in [9.17, 15) is 4.39 Å². The molecule has 0 fully saturated rings. The van der Waals surface area contributed by atoms with Crippen LogP contribution in [-0.4, -0.2) is 20.5 Å². The summed E-state index contributed by atoms with van der Waals surface area (Å²) in [6.07, 6.45) is 2.72. The van der Waals surface area contributed by atoms with Gasteiger partial charge >= 0.3 is 0 Å². The van der Waals surface area contributed by atoms with E-state index < -0.39 is 0 Å². The first kappa shape index (κ1) is 10.3. The molecule has 0 aliphatic carbocycles. The topological polar surface area (TPSA) is 48.2 Å². The molecule has 0 aliphatic heterocycles. The van der Waals surface area contributed by atoms with E-state index in [0.717, 1.165) is 28.9 Å². The van der Waals surface area contributed by atoms with Crippen LogP contribution in [0, 0.1) is 5.82 Å². The summed E-state index contributed by atoms with van der Waals surface area (Å²) >= 11 is 0. The van der Waals surface area contributed by atoms with Crippen molar-refractivity contribution in [2.24, 2.45) is 12.8 Å². The number of hydrogen-bond acceptors (Lipinski definition) is 2. The number of nitrogens with zero attached hydrogens (tertiary/aromatic N) is 3. The highest BCUT2D eigenvalue weighted by Gasteiger charge is 2.11. The third-order valence-corrected chi connectivity index (χ3v) is 3.00. The molecule has 0 saturated carbocycles. The number of rotatable bonds is 2. The van der Waals surface area contributed by atoms with Crippen LogP contribution in [-0.2, 0) is 13.5 Å². The van der Waals surface area contributed by atoms with Crippen molar-refractivity contribution in [1.82, 2.24) is 14.0 Å². The molecule has 0 amide bonds. The maximum Gasteiger partial charge on any atom is 0.214 e. The number of aryl methyl sites for hydroxylation is 1. The van der Waals surface area contributed by atoms with Gasteiger partial charge in [-0.1, -0.05) is 0 Å². The van der Waals surface area contributed by atoms with Gasteiger partial charge in [0.25, 0.3) is 0 Å². The van der Waals surface area contributed by atoms with Crippen molar-refractivity contribution in [2.45, 2.75) is 6.42 Å². The maximum absolute atomic E-state index is 13.2. The lowest BCUT2D eigenvalue weighted by atomic mass is 10.3. The molecule has 4 nitrogen and oxygen atoms in total. The fourth-order valence-electron chi connectivity index (χ4n) is 2.18. The minimum absolute atomic E-state index is 0.233. The minimum atomic E-state index is -0.233. The Labute approximate surface area is 97.5 Å². The molecular weight excluding hydrogens is 219 g/mol. The fraction of sp³-hybridized carbons (Fsp3) is 0.250. The molecule has 17 heavy (non-hydrogen) atoms. The van der Waals surface area contributed by atoms with Gasteiger partial charge in [-0.05, 0) is 24.7 Å². The molecule has 3 aromatic rings. The first-order chi connectivity index (χ1) is 8.20. The second kappa shape index (κ2) is 3.56. The smallest absolute Gasteiger partial charge is 0.214 e. The molecule has 0 aliphatic rings. The van der Waals surface area contributed by atoms with Gasteiger partial charge < -0.3 is 10.3 Å². The summed E-state index contributed by atoms with van der Waals surface area (Å²) in [5, 5.41) is 0. The summed E-state index contributed by atoms with van der Waals surface area (Å²) in [4.78, 5) is 4.49. The van der Waals surface area contributed by atoms with E-state index in [1.54, 1.807) is 6.07 Å². The zero-order valence-corrected chi connectivity index (χ0v) is 9.52. The van der Waals surface area contributed by atoms with Gasteiger partial charge in [0.05, 0.1) is 16.7 Å². The fourth-order valence-corrected chi connectivity index (χ4v) is 2.18. The van der Waals surface area contributed by atoms with Gasteiger partial charge in [0.1, 0.15) is 5.82 Å². The summed E-state index contributed by atoms with van der Waals surface area (Å²) in [7, 11) is 1.89. The van der Waals surface area contributed by atoms with E-state index in [0.29, 0.717) is 6.54 Å². The van der Waals surface area contributed by atoms with Crippen molar-refractivity contribution in [3.05, 3.63) is 35.9 Å². The Balaban J connectivity index is 2.34. The minimum Gasteiger partial charge on any atom is -0.330 e. The van der Waals surface area contributed by atoms with Gasteiger partial charge in [-0.2, -0.15) is 0 Å². The molecule has 5 heteroatoms. The van der Waals surface area contributed by atoms with Crippen molar-refractivity contribution in [2.75, 3.05) is 6.54 Å². The molecule has 88 valence electrons. The average Bonchev–Trinajstić information content (AvgIpc) is 2.81. The molecule has 2 aromatic heterocycles. The van der Waals surface area contributed by atoms with Gasteiger partial charge in [-0.25, -0.2) is 9.37 Å². The molecule has 0 saturated heterocycles. The summed E-state index contributed by atoms with van der Waals surface area (Å²) in [6.45, 7) is 0.580. The van der Waals surface area contributed by atoms with Crippen molar-refractivity contribution in [3.8, 4) is 0 Å². The van der Waals surface area contributed by atoms with Gasteiger partial charge in [0, 0.05) is 19.7 Å². The number of halogens is 1. The van der Waals surface area contributed by atoms with Crippen LogP contribution in [0.25, 0.3) is 16.8 Å². The Bertz CT molecular complexity index is 695. The molecule has 3 rings (SSSR count). The zero-order chi connectivity index (χ0) is 12.0. The molecule has 0 atom stereocenters. The van der Waals surface area contributed by atoms with E-state index in [4.69, 9.17) is 5.73 Å². The molecule has 0 spiro atoms. The highest BCUT2D eigenvalue weighted by atomic mass is 19.1. The van der Waals surface area contributed by atoms with Crippen molar-refractivity contribution in [3.63, 3.8) is 0 Å². The highest BCUT2D eigenvalue weighted by Crippen LogP contribution is 2.20. The van der Waals surface area contributed by atoms with Crippen molar-refractivity contribution in [1.29, 1.82) is 0 Å². The maximum atomic E-state index is 13.2. The Morgan fingerprint density at radius 3 is 2.94 bits per heavy atom. The molecule has 2 N–H and O–H groups in total. The summed E-state index contributed by atoms with van der Waals surface area (Å²) in [5.41, 5.74) is 8.28. The van der Waals surface area contributed by atoms with Gasteiger partial charge in [-0.15, -0.1) is 0 Å². The van der Waals surface area contributed by atoms with E-state index in [-0.39, 0.29) is 5.82 Å². The van der Waals surface area contributed by atoms with E-state index in [2.05, 4.69) is 4.98 Å². The normalized spacial score (nSPS) is 11.7. The Kier molecular flexibility index (Phi) is 2.16. The second-order valence-electron chi connectivity index (χ2n) is 4.13. The van der Waals surface area contributed by atoms with Gasteiger partial charge in [-0.3, -0.25) is 4.40 Å². The number of imidazole rings is 2. The molecule has 0 unspecified atom stereocenters. The van der Waals surface area contributed by atoms with Crippen LogP contribution in [0.4, 0.5) is 4.39 Å². The van der Waals surface area contributed by atoms with Crippen molar-refractivity contribution < 1.29 is 4.39 Å². The third-order valence-electron chi connectivity index (χ3n) is 3.00. The Hall–Kier alpha value is -1.88. The lowest BCUT2D eigenvalue weighted by Crippen LogP contribution is -2.02. The number of nitrogens with two attached hydrogens (primary N) is 1. The van der Waals surface area contributed by atoms with Crippen LogP contribution < -0.4 is 5.73 Å². The number of hydrogen-bond donors (Lipinski definition) is 1. The van der Waals surface area contributed by atoms with Crippen LogP contribution in [0.2, 0.25) is 0 Å². The molecular formula is C12H13FN4. The first-order valence-corrected chi connectivity index (χ1v) is 5.52. The zero-order valence-electron chi connectivity index (χ0n) is 9.52. The van der Waals surface area contributed by atoms with Crippen molar-refractivity contribution >= 4 is 16.8 Å². The van der Waals surface area contributed by atoms with Crippen LogP contribution in [0.5, 0.6) is 0 Å². The van der Waals surface area contributed by atoms with Gasteiger partial charge in [0.2, 0.25) is 5.78 Å². The summed E-state index contributed by atoms with van der Waals surface area (Å²) in [6, 6.07) is 4.75. The highest BCUT2D eigenvalue weighted by molar-refractivity contribution is 5.80. The molecule has 0 radical (unpaired) electrons. The van der Waals surface area contributed by atoms with Crippen LogP contribution >= 0.6 is 0 Å². The van der Waals surface area contributed by atoms with E-state index in [1.807, 2.05) is 22.2 Å². The SMILES string of the molecule is Cn1c2cc(F)ccc2n2cc(CCN)nc12. The Morgan fingerprint density at radius 1 is 1.35 bits per heavy atom. The average molecular weight is 232 g/mol. The largest absolute Gasteiger partial charge is 0.330 e. The van der Waals surface area contributed by atoms with Crippen LogP contribution in [0.3, 0.4) is 0 Å². The number of fused-ring (bicyclic) bond motifs is 3. The predicted octanol–water partition coefficient (Wildman–Crippen LogP) is 1.47. The molecule has 1 aromatic carbocycles. The standard InChI is InChI=1S/C12H13FN4/c1-16-11-6-8(13)2-3-10(11)17-7-9(4-5-14)15-12(16)17/h2-3,6-7H,4-5,14H2,1H3. The Morgan fingerprint density at radius 2 is 2.18 bits per heavy atom. The van der Waals surface area contributed by atoms with Gasteiger partial charge in [0.15, 0.2) is 0 Å². The van der Waals surface area contributed by atoms with Crippen LogP contribution in [0.1, 0.15) is 5.69 Å². The lowest BCUT2D eigenvalue weighted by Gasteiger charge is -1.95. The van der Waals surface area contributed by atoms with E-state index >= 15 is 0 Å². The summed E-state index contributed by atoms with van der Waals surface area (Å²) < 4.78 is 17.1. The third kappa shape index (κ3) is 1.43. The first-order valence-electron chi connectivity index (χ1n) is 5.52. The summed E-state index contributed by atoms with van der Waals surface area (Å²) in [5.74, 6) is 0.581. The molecule has 0 bridgehead atoms. The van der Waals surface area contributed by atoms with Crippen LogP contribution in [0.15, 0.2) is 24.4 Å². The van der Waals surface area contributed by atoms with E-state index in [1.165, 1.54) is 12.1 Å². The lowest BCUT2D eigenvalue weighted by molar-refractivity contribution is 0.629. The number of benzene rings is 1. The number of aromatic nitrogens is 3. The molecule has 2 heterocycles. The monoisotopic (exact) mass is 232 g/mol. The quantitative estimate of drug-likeness (QED) is 0.727. The second-order valence-corrected chi connectivity index (χ2v) is 4.13.